The van der Waals surface area contributed by atoms with Crippen LogP contribution in [0.15, 0.2) is 30.3 Å². The van der Waals surface area contributed by atoms with Gasteiger partial charge in [-0.05, 0) is 51.5 Å². The van der Waals surface area contributed by atoms with Crippen molar-refractivity contribution < 1.29 is 14.3 Å². The van der Waals surface area contributed by atoms with Crippen LogP contribution in [-0.4, -0.2) is 19.1 Å². The summed E-state index contributed by atoms with van der Waals surface area (Å²) in [4.78, 5) is 12.5. The van der Waals surface area contributed by atoms with Gasteiger partial charge in [0.05, 0.1) is 18.2 Å². The van der Waals surface area contributed by atoms with Crippen LogP contribution in [0.4, 0.5) is 5.69 Å². The molecular weight excluding hydrogens is 326 g/mol. The smallest absolute Gasteiger partial charge is 0.255 e. The van der Waals surface area contributed by atoms with E-state index in [0.717, 1.165) is 16.8 Å². The maximum Gasteiger partial charge on any atom is 0.255 e. The number of halogens is 1. The monoisotopic (exact) mass is 347 g/mol. The maximum atomic E-state index is 12.5. The molecule has 0 saturated carbocycles. The molecule has 0 heterocycles. The van der Waals surface area contributed by atoms with Gasteiger partial charge < -0.3 is 14.8 Å². The molecule has 0 aliphatic carbocycles. The van der Waals surface area contributed by atoms with E-state index in [9.17, 15) is 4.79 Å². The Kier molecular flexibility index (Phi) is 5.73. The van der Waals surface area contributed by atoms with Crippen molar-refractivity contribution in [2.24, 2.45) is 0 Å². The standard InChI is InChI=1S/C19H22ClNO3/c1-11(2)24-18-15(20)9-14(10-17(18)23-5)19(22)21-16-7-6-12(3)8-13(16)4/h6-11H,1-5H3,(H,21,22). The zero-order valence-electron chi connectivity index (χ0n) is 14.6. The molecule has 0 aliphatic rings. The first-order chi connectivity index (χ1) is 11.3. The van der Waals surface area contributed by atoms with Gasteiger partial charge in [-0.1, -0.05) is 29.3 Å². The molecule has 0 unspecified atom stereocenters. The highest BCUT2D eigenvalue weighted by Gasteiger charge is 2.17. The highest BCUT2D eigenvalue weighted by molar-refractivity contribution is 6.32. The molecule has 5 heteroatoms. The van der Waals surface area contributed by atoms with Crippen molar-refractivity contribution in [2.75, 3.05) is 12.4 Å². The van der Waals surface area contributed by atoms with Gasteiger partial charge >= 0.3 is 0 Å². The zero-order valence-corrected chi connectivity index (χ0v) is 15.3. The van der Waals surface area contributed by atoms with Crippen molar-refractivity contribution >= 4 is 23.2 Å². The van der Waals surface area contributed by atoms with Gasteiger partial charge in [-0.2, -0.15) is 0 Å². The Labute approximate surface area is 147 Å². The molecule has 2 aromatic rings. The van der Waals surface area contributed by atoms with Gasteiger partial charge in [-0.25, -0.2) is 0 Å². The number of methoxy groups -OCH3 is 1. The van der Waals surface area contributed by atoms with Gasteiger partial charge in [-0.3, -0.25) is 4.79 Å². The van der Waals surface area contributed by atoms with Crippen LogP contribution in [0.5, 0.6) is 11.5 Å². The van der Waals surface area contributed by atoms with Crippen molar-refractivity contribution in [3.8, 4) is 11.5 Å². The van der Waals surface area contributed by atoms with E-state index >= 15 is 0 Å². The molecule has 0 fully saturated rings. The number of carbonyl (C=O) groups excluding carboxylic acids is 1. The lowest BCUT2D eigenvalue weighted by atomic mass is 10.1. The Morgan fingerprint density at radius 1 is 1.17 bits per heavy atom. The largest absolute Gasteiger partial charge is 0.493 e. The van der Waals surface area contributed by atoms with Crippen LogP contribution in [0.1, 0.15) is 35.3 Å². The number of rotatable bonds is 5. The fraction of sp³-hybridized carbons (Fsp3) is 0.316. The molecule has 0 atom stereocenters. The first kappa shape index (κ1) is 18.1. The fourth-order valence-electron chi connectivity index (χ4n) is 2.35. The first-order valence-corrected chi connectivity index (χ1v) is 8.12. The molecule has 0 spiro atoms. The average molecular weight is 348 g/mol. The molecule has 4 nitrogen and oxygen atoms in total. The molecule has 0 bridgehead atoms. The summed E-state index contributed by atoms with van der Waals surface area (Å²) in [6.07, 6.45) is -0.0497. The summed E-state index contributed by atoms with van der Waals surface area (Å²) in [5.74, 6) is 0.623. The molecule has 0 aliphatic heterocycles. The second kappa shape index (κ2) is 7.58. The van der Waals surface area contributed by atoms with Gasteiger partial charge in [0.25, 0.3) is 5.91 Å². The molecule has 1 N–H and O–H groups in total. The van der Waals surface area contributed by atoms with E-state index < -0.39 is 0 Å². The first-order valence-electron chi connectivity index (χ1n) is 7.74. The van der Waals surface area contributed by atoms with Gasteiger partial charge in [0.15, 0.2) is 11.5 Å². The number of benzene rings is 2. The summed E-state index contributed by atoms with van der Waals surface area (Å²) in [6.45, 7) is 7.76. The second-order valence-corrected chi connectivity index (χ2v) is 6.34. The van der Waals surface area contributed by atoms with Crippen molar-refractivity contribution in [2.45, 2.75) is 33.8 Å². The Balaban J connectivity index is 2.31. The lowest BCUT2D eigenvalue weighted by Gasteiger charge is -2.16. The lowest BCUT2D eigenvalue weighted by molar-refractivity contribution is 0.102. The number of ether oxygens (including phenoxy) is 2. The van der Waals surface area contributed by atoms with E-state index in [1.807, 2.05) is 45.9 Å². The third-order valence-electron chi connectivity index (χ3n) is 3.48. The van der Waals surface area contributed by atoms with Crippen LogP contribution in [-0.2, 0) is 0 Å². The summed E-state index contributed by atoms with van der Waals surface area (Å²) in [7, 11) is 1.52. The minimum absolute atomic E-state index is 0.0497. The Hall–Kier alpha value is -2.20. The predicted molar refractivity (Wildman–Crippen MR) is 97.6 cm³/mol. The van der Waals surface area contributed by atoms with Gasteiger partial charge in [0.2, 0.25) is 0 Å². The van der Waals surface area contributed by atoms with Crippen LogP contribution in [0.2, 0.25) is 5.02 Å². The molecule has 0 radical (unpaired) electrons. The minimum atomic E-state index is -0.252. The Morgan fingerprint density at radius 2 is 1.88 bits per heavy atom. The summed E-state index contributed by atoms with van der Waals surface area (Å²) in [6, 6.07) is 9.07. The van der Waals surface area contributed by atoms with Gasteiger partial charge in [0.1, 0.15) is 0 Å². The van der Waals surface area contributed by atoms with Crippen LogP contribution in [0.25, 0.3) is 0 Å². The van der Waals surface area contributed by atoms with Gasteiger partial charge in [0, 0.05) is 11.3 Å². The third-order valence-corrected chi connectivity index (χ3v) is 3.76. The minimum Gasteiger partial charge on any atom is -0.493 e. The Bertz CT molecular complexity index is 757. The lowest BCUT2D eigenvalue weighted by Crippen LogP contribution is -2.14. The van der Waals surface area contributed by atoms with Crippen LogP contribution >= 0.6 is 11.6 Å². The van der Waals surface area contributed by atoms with Gasteiger partial charge in [-0.15, -0.1) is 0 Å². The zero-order chi connectivity index (χ0) is 17.9. The number of aryl methyl sites for hydroxylation is 2. The van der Waals surface area contributed by atoms with E-state index in [4.69, 9.17) is 21.1 Å². The van der Waals surface area contributed by atoms with E-state index in [-0.39, 0.29) is 12.0 Å². The molecule has 0 saturated heterocycles. The van der Waals surface area contributed by atoms with E-state index in [1.54, 1.807) is 12.1 Å². The summed E-state index contributed by atoms with van der Waals surface area (Å²) >= 11 is 6.27. The predicted octanol–water partition coefficient (Wildman–Crippen LogP) is 5.00. The number of anilines is 1. The molecule has 24 heavy (non-hydrogen) atoms. The van der Waals surface area contributed by atoms with Crippen LogP contribution in [0.3, 0.4) is 0 Å². The summed E-state index contributed by atoms with van der Waals surface area (Å²) in [5.41, 5.74) is 3.32. The highest BCUT2D eigenvalue weighted by Crippen LogP contribution is 2.37. The highest BCUT2D eigenvalue weighted by atomic mass is 35.5. The number of hydrogen-bond donors (Lipinski definition) is 1. The van der Waals surface area contributed by atoms with Crippen LogP contribution < -0.4 is 14.8 Å². The van der Waals surface area contributed by atoms with E-state index in [1.165, 1.54) is 7.11 Å². The van der Waals surface area contributed by atoms with Crippen molar-refractivity contribution in [1.82, 2.24) is 0 Å². The Morgan fingerprint density at radius 3 is 2.46 bits per heavy atom. The number of carbonyl (C=O) groups is 1. The third kappa shape index (κ3) is 4.20. The van der Waals surface area contributed by atoms with Crippen molar-refractivity contribution in [3.63, 3.8) is 0 Å². The second-order valence-electron chi connectivity index (χ2n) is 5.93. The topological polar surface area (TPSA) is 47.6 Å². The van der Waals surface area contributed by atoms with E-state index in [0.29, 0.717) is 22.1 Å². The normalized spacial score (nSPS) is 10.6. The fourth-order valence-corrected chi connectivity index (χ4v) is 2.60. The molecule has 2 rings (SSSR count). The van der Waals surface area contributed by atoms with Crippen molar-refractivity contribution in [3.05, 3.63) is 52.0 Å². The summed E-state index contributed by atoms with van der Waals surface area (Å²) < 4.78 is 11.0. The van der Waals surface area contributed by atoms with E-state index in [2.05, 4.69) is 5.32 Å². The average Bonchev–Trinajstić information content (AvgIpc) is 2.51. The number of hydrogen-bond acceptors (Lipinski definition) is 3. The molecular formula is C19H22ClNO3. The summed E-state index contributed by atoms with van der Waals surface area (Å²) in [5, 5.41) is 3.24. The molecule has 2 aromatic carbocycles. The van der Waals surface area contributed by atoms with Crippen molar-refractivity contribution in [1.29, 1.82) is 0 Å². The van der Waals surface area contributed by atoms with Crippen LogP contribution in [0, 0.1) is 13.8 Å². The quantitative estimate of drug-likeness (QED) is 0.827. The molecule has 0 aromatic heterocycles. The molecule has 1 amide bonds. The number of nitrogens with one attached hydrogen (secondary N) is 1. The maximum absolute atomic E-state index is 12.5. The molecule has 128 valence electrons. The number of amides is 1. The SMILES string of the molecule is COc1cc(C(=O)Nc2ccc(C)cc2C)cc(Cl)c1OC(C)C.